The van der Waals surface area contributed by atoms with Gasteiger partial charge in [0, 0.05) is 6.20 Å². The smallest absolute Gasteiger partial charge is 0.379 e. The maximum Gasteiger partial charge on any atom is 0.534 e. The molecule has 0 saturated carbocycles. The fourth-order valence-electron chi connectivity index (χ4n) is 6.37. The minimum Gasteiger partial charge on any atom is -0.379 e. The summed E-state index contributed by atoms with van der Waals surface area (Å²) >= 11 is 0. The molecule has 1 unspecified atom stereocenters. The molecular weight excluding hydrogens is 637 g/mol. The normalized spacial score (nSPS) is 13.8. The number of hydrogen-bond acceptors (Lipinski definition) is 5. The van der Waals surface area contributed by atoms with E-state index in [-0.39, 0.29) is 5.92 Å². The molecule has 6 rings (SSSR count). The lowest BCUT2D eigenvalue weighted by molar-refractivity contribution is -0.0500. The molecular formula is C38H33F3N2O4S. The average Bonchev–Trinajstić information content (AvgIpc) is 3.57. The molecule has 0 aliphatic carbocycles. The fourth-order valence-corrected chi connectivity index (χ4v) is 6.82. The van der Waals surface area contributed by atoms with Gasteiger partial charge in [0.15, 0.2) is 0 Å². The molecule has 5 aromatic carbocycles. The summed E-state index contributed by atoms with van der Waals surface area (Å²) in [6, 6.07) is 39.1. The van der Waals surface area contributed by atoms with E-state index in [0.717, 1.165) is 22.8 Å². The molecule has 1 N–H and O–H groups in total. The molecule has 1 aromatic heterocycles. The molecule has 246 valence electrons. The molecule has 0 fully saturated rings. The van der Waals surface area contributed by atoms with E-state index in [0.29, 0.717) is 28.5 Å². The molecule has 6 nitrogen and oxygen atoms in total. The molecule has 1 atom stereocenters. The van der Waals surface area contributed by atoms with E-state index in [9.17, 15) is 26.7 Å². The topological polar surface area (TPSA) is 81.4 Å². The van der Waals surface area contributed by atoms with Crippen LogP contribution in [0.5, 0.6) is 5.75 Å². The molecule has 1 heterocycles. The van der Waals surface area contributed by atoms with Gasteiger partial charge in [-0.25, -0.2) is 4.98 Å². The third kappa shape index (κ3) is 5.97. The molecule has 0 radical (unpaired) electrons. The quantitative estimate of drug-likeness (QED) is 0.0900. The molecule has 0 aliphatic rings. The summed E-state index contributed by atoms with van der Waals surface area (Å²) in [7, 11) is -5.82. The second kappa shape index (κ2) is 12.6. The second-order valence-corrected chi connectivity index (χ2v) is 13.7. The summed E-state index contributed by atoms with van der Waals surface area (Å²) in [6.07, 6.45) is 3.92. The average molecular weight is 671 g/mol. The van der Waals surface area contributed by atoms with Crippen molar-refractivity contribution < 1.29 is 30.9 Å². The standard InChI is InChI=1S/C38H33F3N2O4S/c1-27(2)24-36(44,33-20-18-29-23-34(21-19-28(29)22-33)47-48(45,46)38(39,40)41)35-25-43(26-42-35)37(30-12-6-3-7-13-30,31-14-8-4-9-15-31)32-16-10-5-11-17-32/h3-23,25-27,44H,24H2,1-2H3. The highest BCUT2D eigenvalue weighted by Gasteiger charge is 2.48. The van der Waals surface area contributed by atoms with Gasteiger partial charge in [-0.05, 0) is 63.6 Å². The SMILES string of the molecule is CC(C)CC(O)(c1ccc2cc(OS(=O)(=O)C(F)(F)F)ccc2c1)c1cn(C(c2ccccc2)(c2ccccc2)c2ccccc2)cn1. The molecule has 0 aliphatic heterocycles. The summed E-state index contributed by atoms with van der Waals surface area (Å²) in [5, 5.41) is 13.6. The number of aromatic nitrogens is 2. The van der Waals surface area contributed by atoms with Crippen LogP contribution in [-0.2, 0) is 21.3 Å². The first kappa shape index (κ1) is 33.0. The molecule has 0 saturated heterocycles. The summed E-state index contributed by atoms with van der Waals surface area (Å²) in [4.78, 5) is 4.84. The van der Waals surface area contributed by atoms with Gasteiger partial charge < -0.3 is 13.9 Å². The van der Waals surface area contributed by atoms with E-state index in [4.69, 9.17) is 4.98 Å². The van der Waals surface area contributed by atoms with Crippen LogP contribution < -0.4 is 4.18 Å². The number of rotatable bonds is 10. The predicted octanol–water partition coefficient (Wildman–Crippen LogP) is 8.39. The van der Waals surface area contributed by atoms with Crippen LogP contribution in [0.4, 0.5) is 13.2 Å². The molecule has 10 heteroatoms. The molecule has 0 amide bonds. The highest BCUT2D eigenvalue weighted by Crippen LogP contribution is 2.43. The van der Waals surface area contributed by atoms with Gasteiger partial charge in [0.25, 0.3) is 0 Å². The summed E-state index contributed by atoms with van der Waals surface area (Å²) < 4.78 is 68.2. The van der Waals surface area contributed by atoms with Crippen molar-refractivity contribution in [3.8, 4) is 5.75 Å². The first-order valence-corrected chi connectivity index (χ1v) is 16.7. The highest BCUT2D eigenvalue weighted by molar-refractivity contribution is 7.88. The lowest BCUT2D eigenvalue weighted by Gasteiger charge is -2.37. The number of alkyl halides is 3. The lowest BCUT2D eigenvalue weighted by atomic mass is 9.76. The van der Waals surface area contributed by atoms with Crippen LogP contribution in [0.1, 0.15) is 48.2 Å². The van der Waals surface area contributed by atoms with Crippen molar-refractivity contribution in [2.75, 3.05) is 0 Å². The number of halogens is 3. The maximum atomic E-state index is 12.9. The Morgan fingerprint density at radius 1 is 0.729 bits per heavy atom. The molecule has 0 spiro atoms. The Hall–Kier alpha value is -4.93. The Kier molecular flexibility index (Phi) is 8.65. The van der Waals surface area contributed by atoms with Crippen LogP contribution in [0.25, 0.3) is 10.8 Å². The highest BCUT2D eigenvalue weighted by atomic mass is 32.2. The van der Waals surface area contributed by atoms with Crippen molar-refractivity contribution >= 4 is 20.9 Å². The molecule has 6 aromatic rings. The third-order valence-electron chi connectivity index (χ3n) is 8.45. The van der Waals surface area contributed by atoms with E-state index < -0.39 is 32.5 Å². The first-order valence-electron chi connectivity index (χ1n) is 15.3. The van der Waals surface area contributed by atoms with Crippen molar-refractivity contribution in [1.82, 2.24) is 9.55 Å². The van der Waals surface area contributed by atoms with Crippen LogP contribution in [0.15, 0.2) is 140 Å². The monoisotopic (exact) mass is 670 g/mol. The van der Waals surface area contributed by atoms with E-state index in [1.807, 2.05) is 79.2 Å². The van der Waals surface area contributed by atoms with Crippen molar-refractivity contribution in [3.05, 3.63) is 168 Å². The van der Waals surface area contributed by atoms with Gasteiger partial charge in [-0.2, -0.15) is 21.6 Å². The predicted molar refractivity (Wildman–Crippen MR) is 179 cm³/mol. The van der Waals surface area contributed by atoms with Crippen molar-refractivity contribution in [2.45, 2.75) is 36.9 Å². The number of imidazole rings is 1. The van der Waals surface area contributed by atoms with E-state index in [2.05, 4.69) is 40.6 Å². The Bertz CT molecular complexity index is 2040. The minimum absolute atomic E-state index is 0.0429. The second-order valence-electron chi connectivity index (χ2n) is 12.1. The number of nitrogens with zero attached hydrogens (tertiary/aromatic N) is 2. The minimum atomic E-state index is -5.82. The zero-order chi connectivity index (χ0) is 34.2. The number of fused-ring (bicyclic) bond motifs is 1. The van der Waals surface area contributed by atoms with Gasteiger partial charge in [0.2, 0.25) is 0 Å². The summed E-state index contributed by atoms with van der Waals surface area (Å²) in [5.41, 5.74) is -4.03. The summed E-state index contributed by atoms with van der Waals surface area (Å²) in [5.74, 6) is -0.427. The largest absolute Gasteiger partial charge is 0.534 e. The molecule has 48 heavy (non-hydrogen) atoms. The van der Waals surface area contributed by atoms with Gasteiger partial charge in [-0.3, -0.25) is 0 Å². The summed E-state index contributed by atoms with van der Waals surface area (Å²) in [6.45, 7) is 3.99. The van der Waals surface area contributed by atoms with Crippen LogP contribution in [0, 0.1) is 5.92 Å². The zero-order valence-corrected chi connectivity index (χ0v) is 27.0. The van der Waals surface area contributed by atoms with Crippen molar-refractivity contribution in [1.29, 1.82) is 0 Å². The van der Waals surface area contributed by atoms with Crippen molar-refractivity contribution in [3.63, 3.8) is 0 Å². The van der Waals surface area contributed by atoms with E-state index in [1.165, 1.54) is 12.1 Å². The Morgan fingerprint density at radius 3 is 1.73 bits per heavy atom. The van der Waals surface area contributed by atoms with Crippen LogP contribution in [0.2, 0.25) is 0 Å². The van der Waals surface area contributed by atoms with E-state index in [1.54, 1.807) is 24.5 Å². The lowest BCUT2D eigenvalue weighted by Crippen LogP contribution is -2.37. The number of benzene rings is 5. The third-order valence-corrected chi connectivity index (χ3v) is 9.43. The van der Waals surface area contributed by atoms with Gasteiger partial charge in [-0.15, -0.1) is 0 Å². The van der Waals surface area contributed by atoms with Gasteiger partial charge in [-0.1, -0.05) is 123 Å². The number of aliphatic hydroxyl groups is 1. The maximum absolute atomic E-state index is 12.9. The van der Waals surface area contributed by atoms with Gasteiger partial charge in [0.1, 0.15) is 16.9 Å². The van der Waals surface area contributed by atoms with E-state index >= 15 is 0 Å². The molecule has 0 bridgehead atoms. The number of hydrogen-bond donors (Lipinski definition) is 1. The zero-order valence-electron chi connectivity index (χ0n) is 26.2. The Balaban J connectivity index is 1.49. The van der Waals surface area contributed by atoms with Crippen LogP contribution in [0.3, 0.4) is 0 Å². The van der Waals surface area contributed by atoms with Crippen LogP contribution in [-0.4, -0.2) is 28.6 Å². The Labute approximate surface area is 277 Å². The van der Waals surface area contributed by atoms with Gasteiger partial charge >= 0.3 is 15.6 Å². The Morgan fingerprint density at radius 2 is 1.23 bits per heavy atom. The van der Waals surface area contributed by atoms with Crippen LogP contribution >= 0.6 is 0 Å². The van der Waals surface area contributed by atoms with Gasteiger partial charge in [0.05, 0.1) is 12.0 Å². The fraction of sp³-hybridized carbons (Fsp3) is 0.184. The first-order chi connectivity index (χ1) is 22.8. The van der Waals surface area contributed by atoms with Crippen molar-refractivity contribution in [2.24, 2.45) is 5.92 Å².